The Labute approximate surface area is 92.9 Å². The third kappa shape index (κ3) is 2.53. The quantitative estimate of drug-likeness (QED) is 0.661. The van der Waals surface area contributed by atoms with Crippen molar-refractivity contribution in [2.24, 2.45) is 10.7 Å². The second-order valence-corrected chi connectivity index (χ2v) is 3.49. The predicted octanol–water partition coefficient (Wildman–Crippen LogP) is -0.183. The van der Waals surface area contributed by atoms with Crippen molar-refractivity contribution in [2.45, 2.75) is 13.0 Å². The van der Waals surface area contributed by atoms with Crippen molar-refractivity contribution in [3.8, 4) is 0 Å². The first-order valence-corrected chi connectivity index (χ1v) is 5.16. The zero-order chi connectivity index (χ0) is 11.4. The standard InChI is InChI=1S/C10H14N4O2/c11-9(15)8-3-2-7(16-8)6-14-10-12-4-1-5-13-10/h2-3H,1,4-6H2,(H2,11,15)(H2,12,13,14). The van der Waals surface area contributed by atoms with Crippen LogP contribution in [0, 0.1) is 0 Å². The SMILES string of the molecule is NC(=O)c1ccc(CNC2=NCCCN2)o1. The highest BCUT2D eigenvalue weighted by molar-refractivity contribution is 5.89. The van der Waals surface area contributed by atoms with E-state index in [1.807, 2.05) is 0 Å². The van der Waals surface area contributed by atoms with Crippen LogP contribution in [0.1, 0.15) is 22.7 Å². The smallest absolute Gasteiger partial charge is 0.284 e. The van der Waals surface area contributed by atoms with E-state index in [2.05, 4.69) is 15.6 Å². The van der Waals surface area contributed by atoms with Gasteiger partial charge in [-0.25, -0.2) is 0 Å². The van der Waals surface area contributed by atoms with Gasteiger partial charge in [0.1, 0.15) is 5.76 Å². The number of hydrogen-bond acceptors (Lipinski definition) is 5. The minimum absolute atomic E-state index is 0.176. The third-order valence-electron chi connectivity index (χ3n) is 2.23. The number of amides is 1. The first-order valence-electron chi connectivity index (χ1n) is 5.16. The zero-order valence-electron chi connectivity index (χ0n) is 8.82. The number of primary amides is 1. The molecule has 1 amide bonds. The predicted molar refractivity (Wildman–Crippen MR) is 59.0 cm³/mol. The average Bonchev–Trinajstić information content (AvgIpc) is 2.76. The Morgan fingerprint density at radius 3 is 3.12 bits per heavy atom. The molecule has 0 atom stereocenters. The van der Waals surface area contributed by atoms with Crippen LogP contribution >= 0.6 is 0 Å². The minimum Gasteiger partial charge on any atom is -0.454 e. The Bertz CT molecular complexity index is 411. The van der Waals surface area contributed by atoms with Crippen LogP contribution in [0.3, 0.4) is 0 Å². The number of carbonyl (C=O) groups excluding carboxylic acids is 1. The molecule has 0 spiro atoms. The molecule has 0 fully saturated rings. The number of furan rings is 1. The van der Waals surface area contributed by atoms with E-state index >= 15 is 0 Å². The van der Waals surface area contributed by atoms with Crippen molar-refractivity contribution in [1.82, 2.24) is 10.6 Å². The molecule has 86 valence electrons. The molecule has 0 saturated heterocycles. The fourth-order valence-electron chi connectivity index (χ4n) is 1.43. The van der Waals surface area contributed by atoms with Gasteiger partial charge in [-0.1, -0.05) is 0 Å². The molecule has 6 nitrogen and oxygen atoms in total. The molecular formula is C10H14N4O2. The molecule has 1 aliphatic heterocycles. The number of guanidine groups is 1. The van der Waals surface area contributed by atoms with E-state index in [9.17, 15) is 4.79 Å². The summed E-state index contributed by atoms with van der Waals surface area (Å²) in [5.41, 5.74) is 5.08. The van der Waals surface area contributed by atoms with Gasteiger partial charge in [0, 0.05) is 13.1 Å². The lowest BCUT2D eigenvalue weighted by molar-refractivity contribution is 0.0972. The van der Waals surface area contributed by atoms with Crippen LogP contribution in [0.2, 0.25) is 0 Å². The molecule has 6 heteroatoms. The summed E-state index contributed by atoms with van der Waals surface area (Å²) in [6, 6.07) is 3.28. The lowest BCUT2D eigenvalue weighted by Crippen LogP contribution is -2.40. The van der Waals surface area contributed by atoms with Crippen LogP contribution in [0.15, 0.2) is 21.5 Å². The van der Waals surface area contributed by atoms with Gasteiger partial charge in [-0.3, -0.25) is 9.79 Å². The lowest BCUT2D eigenvalue weighted by atomic mass is 10.4. The summed E-state index contributed by atoms with van der Waals surface area (Å²) in [6.45, 7) is 2.25. The molecule has 1 aromatic heterocycles. The average molecular weight is 222 g/mol. The van der Waals surface area contributed by atoms with Gasteiger partial charge in [0.2, 0.25) is 0 Å². The number of nitrogens with two attached hydrogens (primary N) is 1. The molecule has 1 aromatic rings. The summed E-state index contributed by atoms with van der Waals surface area (Å²) in [6.07, 6.45) is 1.05. The van der Waals surface area contributed by atoms with E-state index in [4.69, 9.17) is 10.2 Å². The molecule has 0 aliphatic carbocycles. The van der Waals surface area contributed by atoms with Crippen LogP contribution in [0.25, 0.3) is 0 Å². The summed E-state index contributed by atoms with van der Waals surface area (Å²) >= 11 is 0. The maximum Gasteiger partial charge on any atom is 0.284 e. The lowest BCUT2D eigenvalue weighted by Gasteiger charge is -2.15. The Hall–Kier alpha value is -1.98. The van der Waals surface area contributed by atoms with E-state index in [0.717, 1.165) is 25.5 Å². The van der Waals surface area contributed by atoms with Gasteiger partial charge in [0.05, 0.1) is 6.54 Å². The van der Waals surface area contributed by atoms with Crippen molar-refractivity contribution >= 4 is 11.9 Å². The summed E-state index contributed by atoms with van der Waals surface area (Å²) < 4.78 is 5.22. The molecule has 2 rings (SSSR count). The van der Waals surface area contributed by atoms with Crippen molar-refractivity contribution in [2.75, 3.05) is 13.1 Å². The number of nitrogens with one attached hydrogen (secondary N) is 2. The summed E-state index contributed by atoms with van der Waals surface area (Å²) in [5.74, 6) is 1.04. The van der Waals surface area contributed by atoms with E-state index in [1.54, 1.807) is 12.1 Å². The van der Waals surface area contributed by atoms with Crippen LogP contribution in [-0.2, 0) is 6.54 Å². The van der Waals surface area contributed by atoms with Gasteiger partial charge in [-0.15, -0.1) is 0 Å². The van der Waals surface area contributed by atoms with Gasteiger partial charge in [0.25, 0.3) is 5.91 Å². The van der Waals surface area contributed by atoms with Gasteiger partial charge in [-0.2, -0.15) is 0 Å². The van der Waals surface area contributed by atoms with Crippen LogP contribution in [0.5, 0.6) is 0 Å². The fourth-order valence-corrected chi connectivity index (χ4v) is 1.43. The first kappa shape index (κ1) is 10.5. The molecule has 0 unspecified atom stereocenters. The zero-order valence-corrected chi connectivity index (χ0v) is 8.82. The molecule has 2 heterocycles. The summed E-state index contributed by atoms with van der Waals surface area (Å²) in [5, 5.41) is 6.21. The number of rotatable bonds is 3. The Morgan fingerprint density at radius 2 is 2.50 bits per heavy atom. The molecule has 16 heavy (non-hydrogen) atoms. The number of hydrogen-bond donors (Lipinski definition) is 3. The Morgan fingerprint density at radius 1 is 1.62 bits per heavy atom. The highest BCUT2D eigenvalue weighted by Crippen LogP contribution is 2.06. The Kier molecular flexibility index (Phi) is 3.09. The first-order chi connectivity index (χ1) is 7.75. The second-order valence-electron chi connectivity index (χ2n) is 3.49. The summed E-state index contributed by atoms with van der Waals surface area (Å²) in [7, 11) is 0. The number of nitrogens with zero attached hydrogens (tertiary/aromatic N) is 1. The molecule has 1 aliphatic rings. The van der Waals surface area contributed by atoms with Gasteiger partial charge < -0.3 is 20.8 Å². The maximum absolute atomic E-state index is 10.8. The highest BCUT2D eigenvalue weighted by Gasteiger charge is 2.08. The maximum atomic E-state index is 10.8. The summed E-state index contributed by atoms with van der Waals surface area (Å²) in [4.78, 5) is 15.0. The van der Waals surface area contributed by atoms with Crippen LogP contribution in [0.4, 0.5) is 0 Å². The van der Waals surface area contributed by atoms with E-state index in [0.29, 0.717) is 12.3 Å². The molecule has 4 N–H and O–H groups in total. The van der Waals surface area contributed by atoms with E-state index in [1.165, 1.54) is 0 Å². The third-order valence-corrected chi connectivity index (χ3v) is 2.23. The molecule has 0 saturated carbocycles. The van der Waals surface area contributed by atoms with Gasteiger partial charge in [-0.05, 0) is 18.6 Å². The number of carbonyl (C=O) groups is 1. The second kappa shape index (κ2) is 4.69. The van der Waals surface area contributed by atoms with E-state index < -0.39 is 5.91 Å². The fraction of sp³-hybridized carbons (Fsp3) is 0.400. The minimum atomic E-state index is -0.556. The molecule has 0 aromatic carbocycles. The normalized spacial score (nSPS) is 15.1. The monoisotopic (exact) mass is 222 g/mol. The van der Waals surface area contributed by atoms with Gasteiger partial charge >= 0.3 is 0 Å². The highest BCUT2D eigenvalue weighted by atomic mass is 16.3. The van der Waals surface area contributed by atoms with Crippen molar-refractivity contribution in [3.63, 3.8) is 0 Å². The molecule has 0 bridgehead atoms. The van der Waals surface area contributed by atoms with Crippen LogP contribution < -0.4 is 16.4 Å². The van der Waals surface area contributed by atoms with Crippen molar-refractivity contribution < 1.29 is 9.21 Å². The van der Waals surface area contributed by atoms with Crippen molar-refractivity contribution in [1.29, 1.82) is 0 Å². The van der Waals surface area contributed by atoms with Crippen molar-refractivity contribution in [3.05, 3.63) is 23.7 Å². The largest absolute Gasteiger partial charge is 0.454 e. The van der Waals surface area contributed by atoms with Gasteiger partial charge in [0.15, 0.2) is 11.7 Å². The molecule has 0 radical (unpaired) electrons. The Balaban J connectivity index is 1.89. The number of aliphatic imine (C=N–C) groups is 1. The van der Waals surface area contributed by atoms with E-state index in [-0.39, 0.29) is 5.76 Å². The molecular weight excluding hydrogens is 208 g/mol. The topological polar surface area (TPSA) is 92.7 Å². The van der Waals surface area contributed by atoms with Crippen LogP contribution in [-0.4, -0.2) is 25.0 Å².